The van der Waals surface area contributed by atoms with Crippen LogP contribution in [0.5, 0.6) is 0 Å². The predicted molar refractivity (Wildman–Crippen MR) is 138 cm³/mol. The van der Waals surface area contributed by atoms with Crippen molar-refractivity contribution in [2.45, 2.75) is 13.8 Å². The molecule has 0 aliphatic carbocycles. The third kappa shape index (κ3) is 5.08. The normalized spacial score (nSPS) is 14.8. The van der Waals surface area contributed by atoms with E-state index >= 15 is 0 Å². The molecule has 1 aliphatic heterocycles. The highest BCUT2D eigenvalue weighted by molar-refractivity contribution is 5.88. The molecule has 3 aromatic rings. The number of H-pyrrole nitrogens is 1. The standard InChI is InChI=1S/C27H22N4O6/c1-17-16-29(21-12-8-19(9-13-21)26(33)34)31(37)24(17)7-5-3-4-6-23-18(2)28-30(25(23)32)22-14-10-20(11-15-22)27(35)36/h3-16H,1-2H3,(H2-,28,32,33,34,35,36,37)/p+1. The minimum atomic E-state index is -1.04. The van der Waals surface area contributed by atoms with Crippen LogP contribution >= 0.6 is 0 Å². The molecule has 0 spiro atoms. The van der Waals surface area contributed by atoms with Crippen molar-refractivity contribution in [1.82, 2.24) is 9.78 Å². The van der Waals surface area contributed by atoms with Gasteiger partial charge in [0, 0.05) is 11.8 Å². The van der Waals surface area contributed by atoms with Gasteiger partial charge in [0.15, 0.2) is 4.87 Å². The van der Waals surface area contributed by atoms with Gasteiger partial charge < -0.3 is 10.2 Å². The molecule has 1 aliphatic rings. The van der Waals surface area contributed by atoms with Gasteiger partial charge in [0.1, 0.15) is 5.69 Å². The molecular weight excluding hydrogens is 476 g/mol. The summed E-state index contributed by atoms with van der Waals surface area (Å²) in [5.74, 6) is -2.09. The number of carboxylic acid groups (broad SMARTS) is 2. The summed E-state index contributed by atoms with van der Waals surface area (Å²) in [6.45, 7) is 3.55. The molecule has 0 fully saturated rings. The molecule has 0 atom stereocenters. The Balaban J connectivity index is 1.47. The van der Waals surface area contributed by atoms with Crippen molar-refractivity contribution in [3.05, 3.63) is 128 Å². The molecule has 0 bridgehead atoms. The second-order valence-electron chi connectivity index (χ2n) is 8.22. The Bertz CT molecular complexity index is 1570. The summed E-state index contributed by atoms with van der Waals surface area (Å²) in [4.78, 5) is 48.4. The van der Waals surface area contributed by atoms with E-state index in [4.69, 9.17) is 10.2 Å². The number of carboxylic acids is 2. The maximum atomic E-state index is 12.8. The smallest absolute Gasteiger partial charge is 0.335 e. The van der Waals surface area contributed by atoms with Crippen molar-refractivity contribution in [2.24, 2.45) is 0 Å². The number of aromatic nitrogens is 2. The Morgan fingerprint density at radius 1 is 0.865 bits per heavy atom. The number of rotatable bonds is 7. The Kier molecular flexibility index (Phi) is 6.83. The molecule has 0 saturated carbocycles. The third-order valence-electron chi connectivity index (χ3n) is 5.73. The number of aryl methyl sites for hydroxylation is 1. The maximum Gasteiger partial charge on any atom is 0.335 e. The van der Waals surface area contributed by atoms with E-state index < -0.39 is 11.9 Å². The van der Waals surface area contributed by atoms with Gasteiger partial charge in [-0.15, -0.1) is 0 Å². The van der Waals surface area contributed by atoms with Gasteiger partial charge in [-0.1, -0.05) is 23.2 Å². The first-order valence-electron chi connectivity index (χ1n) is 11.2. The molecule has 0 saturated heterocycles. The number of hydrogen-bond acceptors (Lipinski definition) is 4. The quantitative estimate of drug-likeness (QED) is 0.323. The number of hydrazine groups is 1. The number of nitroso groups, excluding NO2 is 1. The number of nitrogens with zero attached hydrogens (tertiary/aromatic N) is 3. The molecule has 2 heterocycles. The van der Waals surface area contributed by atoms with Gasteiger partial charge in [0.25, 0.3) is 11.3 Å². The highest BCUT2D eigenvalue weighted by Gasteiger charge is 2.35. The molecule has 4 rings (SSSR count). The number of allylic oxidation sites excluding steroid dienone is 5. The van der Waals surface area contributed by atoms with E-state index in [1.54, 1.807) is 74.7 Å². The second kappa shape index (κ2) is 10.2. The number of carbonyl (C=O) groups is 2. The summed E-state index contributed by atoms with van der Waals surface area (Å²) in [6.07, 6.45) is 9.99. The summed E-state index contributed by atoms with van der Waals surface area (Å²) in [7, 11) is 0. The van der Waals surface area contributed by atoms with E-state index in [-0.39, 0.29) is 16.7 Å². The van der Waals surface area contributed by atoms with Gasteiger partial charge >= 0.3 is 11.9 Å². The molecule has 10 nitrogen and oxygen atoms in total. The average molecular weight is 500 g/mol. The lowest BCUT2D eigenvalue weighted by Crippen LogP contribution is -2.22. The predicted octanol–water partition coefficient (Wildman–Crippen LogP) is 4.44. The van der Waals surface area contributed by atoms with Crippen molar-refractivity contribution >= 4 is 23.7 Å². The van der Waals surface area contributed by atoms with E-state index in [9.17, 15) is 19.3 Å². The van der Waals surface area contributed by atoms with Crippen LogP contribution in [-0.4, -0.2) is 36.8 Å². The summed E-state index contributed by atoms with van der Waals surface area (Å²) >= 11 is 0. The maximum absolute atomic E-state index is 12.8. The fraction of sp³-hybridized carbons (Fsp3) is 0.0741. The first-order valence-corrected chi connectivity index (χ1v) is 11.2. The lowest BCUT2D eigenvalue weighted by molar-refractivity contribution is -0.493. The van der Waals surface area contributed by atoms with Gasteiger partial charge in [0.2, 0.25) is 0 Å². The first-order chi connectivity index (χ1) is 17.7. The second-order valence-corrected chi connectivity index (χ2v) is 8.22. The Labute approximate surface area is 210 Å². The van der Waals surface area contributed by atoms with Crippen molar-refractivity contribution in [1.29, 1.82) is 0 Å². The topological polar surface area (TPSA) is 136 Å². The first kappa shape index (κ1) is 24.9. The fourth-order valence-electron chi connectivity index (χ4n) is 3.75. The van der Waals surface area contributed by atoms with Crippen LogP contribution in [0.4, 0.5) is 5.69 Å². The number of aromatic amines is 1. The number of aromatic carboxylic acids is 2. The molecule has 0 amide bonds. The van der Waals surface area contributed by atoms with Crippen molar-refractivity contribution in [3.63, 3.8) is 0 Å². The molecule has 1 aromatic heterocycles. The zero-order chi connectivity index (χ0) is 26.7. The number of hydrogen-bond donors (Lipinski definition) is 3. The minimum absolute atomic E-state index is 0.127. The Hall–Kier alpha value is -5.25. The van der Waals surface area contributed by atoms with Gasteiger partial charge in [-0.05, 0) is 68.5 Å². The van der Waals surface area contributed by atoms with Crippen LogP contribution in [0.25, 0.3) is 11.8 Å². The van der Waals surface area contributed by atoms with Crippen LogP contribution in [0.15, 0.2) is 95.1 Å². The van der Waals surface area contributed by atoms with Crippen molar-refractivity contribution < 1.29 is 24.7 Å². The molecule has 2 aromatic carbocycles. The van der Waals surface area contributed by atoms with Crippen LogP contribution in [0.1, 0.15) is 38.9 Å². The largest absolute Gasteiger partial charge is 0.478 e. The van der Waals surface area contributed by atoms with Crippen LogP contribution in [-0.2, 0) is 0 Å². The zero-order valence-electron chi connectivity index (χ0n) is 20.0. The minimum Gasteiger partial charge on any atom is -0.478 e. The lowest BCUT2D eigenvalue weighted by Gasteiger charge is -2.05. The molecule has 0 radical (unpaired) electrons. The van der Waals surface area contributed by atoms with Crippen molar-refractivity contribution in [2.75, 3.05) is 5.01 Å². The van der Waals surface area contributed by atoms with E-state index in [2.05, 4.69) is 5.10 Å². The summed E-state index contributed by atoms with van der Waals surface area (Å²) in [6, 6.07) is 11.9. The van der Waals surface area contributed by atoms with E-state index in [1.807, 2.05) is 0 Å². The van der Waals surface area contributed by atoms with Crippen LogP contribution in [0.2, 0.25) is 0 Å². The van der Waals surface area contributed by atoms with Crippen LogP contribution in [0, 0.1) is 11.8 Å². The molecule has 3 N–H and O–H groups in total. The van der Waals surface area contributed by atoms with Crippen LogP contribution in [0.3, 0.4) is 0 Å². The SMILES string of the molecule is CC1=CN(c2ccc(C(=O)O)cc2)[N+](=O)C1=CC=CC=Cc1c(C)[nH]n(-c2ccc(C(=O)O)cc2)c1=O. The number of nitrogens with one attached hydrogen (secondary N) is 1. The molecule has 10 heteroatoms. The highest BCUT2D eigenvalue weighted by atomic mass is 16.4. The van der Waals surface area contributed by atoms with Gasteiger partial charge in [-0.3, -0.25) is 9.89 Å². The van der Waals surface area contributed by atoms with Gasteiger partial charge in [0.05, 0.1) is 39.1 Å². The molecule has 186 valence electrons. The number of benzene rings is 2. The van der Waals surface area contributed by atoms with Crippen LogP contribution < -0.4 is 10.6 Å². The molecule has 37 heavy (non-hydrogen) atoms. The van der Waals surface area contributed by atoms with Gasteiger partial charge in [-0.2, -0.15) is 0 Å². The molecule has 0 unspecified atom stereocenters. The summed E-state index contributed by atoms with van der Waals surface area (Å²) < 4.78 is 1.34. The van der Waals surface area contributed by atoms with Gasteiger partial charge in [-0.25, -0.2) is 14.3 Å². The summed E-state index contributed by atoms with van der Waals surface area (Å²) in [5.41, 5.74) is 3.24. The van der Waals surface area contributed by atoms with E-state index in [0.29, 0.717) is 33.2 Å². The average Bonchev–Trinajstić information content (AvgIpc) is 3.33. The fourth-order valence-corrected chi connectivity index (χ4v) is 3.75. The third-order valence-corrected chi connectivity index (χ3v) is 5.73. The summed E-state index contributed by atoms with van der Waals surface area (Å²) in [5, 5.41) is 22.4. The lowest BCUT2D eigenvalue weighted by atomic mass is 10.2. The Morgan fingerprint density at radius 3 is 2.00 bits per heavy atom. The highest BCUT2D eigenvalue weighted by Crippen LogP contribution is 2.27. The zero-order valence-corrected chi connectivity index (χ0v) is 20.0. The molecular formula is C27H23N4O6+. The van der Waals surface area contributed by atoms with E-state index in [0.717, 1.165) is 5.57 Å². The number of anilines is 1. The monoisotopic (exact) mass is 499 g/mol. The Morgan fingerprint density at radius 2 is 1.43 bits per heavy atom. The van der Waals surface area contributed by atoms with E-state index in [1.165, 1.54) is 34.0 Å². The van der Waals surface area contributed by atoms with Crippen molar-refractivity contribution in [3.8, 4) is 5.69 Å².